The predicted octanol–water partition coefficient (Wildman–Crippen LogP) is 2.91. The summed E-state index contributed by atoms with van der Waals surface area (Å²) in [6, 6.07) is 0. The minimum atomic E-state index is -0.930. The van der Waals surface area contributed by atoms with Gasteiger partial charge in [-0.15, -0.1) is 0 Å². The predicted molar refractivity (Wildman–Crippen MR) is 59.8 cm³/mol. The van der Waals surface area contributed by atoms with Crippen molar-refractivity contribution in [3.63, 3.8) is 0 Å². The Morgan fingerprint density at radius 2 is 1.79 bits per heavy atom. The van der Waals surface area contributed by atoms with Gasteiger partial charge < -0.3 is 15.0 Å². The topological polar surface area (TPSA) is 35.5 Å². The molecule has 0 aromatic carbocycles. The van der Waals surface area contributed by atoms with Crippen molar-refractivity contribution < 1.29 is 4.74 Å². The quantitative estimate of drug-likeness (QED) is 0.376. The average Bonchev–Trinajstić information content (AvgIpc) is 2.25. The maximum absolute atomic E-state index is 12.1. The Kier molecular flexibility index (Phi) is 4.78. The highest BCUT2D eigenvalue weighted by Crippen LogP contribution is 2.30. The SMILES string of the molecule is C=CC(C)(OC)N([O-])C(C)(CC)CC. The molecule has 0 fully saturated rings. The molecule has 3 nitrogen and oxygen atoms in total. The molecule has 0 saturated carbocycles. The van der Waals surface area contributed by atoms with Crippen LogP contribution in [-0.4, -0.2) is 23.4 Å². The van der Waals surface area contributed by atoms with Gasteiger partial charge in [-0.3, -0.25) is 0 Å². The second-order valence-corrected chi connectivity index (χ2v) is 3.96. The molecule has 3 heteroatoms. The van der Waals surface area contributed by atoms with Crippen LogP contribution >= 0.6 is 0 Å². The van der Waals surface area contributed by atoms with Crippen LogP contribution in [0.5, 0.6) is 0 Å². The van der Waals surface area contributed by atoms with Crippen LogP contribution in [0.4, 0.5) is 0 Å². The molecule has 0 radical (unpaired) electrons. The molecular weight excluding hydrogens is 178 g/mol. The summed E-state index contributed by atoms with van der Waals surface area (Å²) in [7, 11) is 1.53. The molecule has 0 saturated heterocycles. The van der Waals surface area contributed by atoms with Gasteiger partial charge in [0.2, 0.25) is 0 Å². The number of hydroxylamine groups is 2. The van der Waals surface area contributed by atoms with Crippen LogP contribution in [-0.2, 0) is 4.74 Å². The van der Waals surface area contributed by atoms with E-state index in [1.807, 2.05) is 20.8 Å². The van der Waals surface area contributed by atoms with Gasteiger partial charge in [-0.25, -0.2) is 0 Å². The van der Waals surface area contributed by atoms with Crippen molar-refractivity contribution in [1.82, 2.24) is 5.06 Å². The third-order valence-corrected chi connectivity index (χ3v) is 3.21. The molecule has 0 aromatic heterocycles. The van der Waals surface area contributed by atoms with Gasteiger partial charge in [0.05, 0.1) is 0 Å². The summed E-state index contributed by atoms with van der Waals surface area (Å²) in [6.07, 6.45) is 3.13. The fraction of sp³-hybridized carbons (Fsp3) is 0.818. The van der Waals surface area contributed by atoms with Gasteiger partial charge in [-0.05, 0) is 32.8 Å². The van der Waals surface area contributed by atoms with E-state index in [-0.39, 0.29) is 5.54 Å². The second-order valence-electron chi connectivity index (χ2n) is 3.96. The Labute approximate surface area is 87.3 Å². The van der Waals surface area contributed by atoms with E-state index in [0.29, 0.717) is 0 Å². The summed E-state index contributed by atoms with van der Waals surface area (Å²) < 4.78 is 5.19. The third kappa shape index (κ3) is 2.35. The molecule has 1 atom stereocenters. The molecule has 0 aliphatic heterocycles. The van der Waals surface area contributed by atoms with Crippen LogP contribution < -0.4 is 0 Å². The Morgan fingerprint density at radius 3 is 2.00 bits per heavy atom. The van der Waals surface area contributed by atoms with E-state index in [0.717, 1.165) is 17.9 Å². The summed E-state index contributed by atoms with van der Waals surface area (Å²) in [5.41, 5.74) is -1.32. The summed E-state index contributed by atoms with van der Waals surface area (Å²) in [5, 5.41) is 13.1. The minimum Gasteiger partial charge on any atom is -0.783 e. The number of ether oxygens (including phenoxy) is 1. The van der Waals surface area contributed by atoms with Crippen molar-refractivity contribution in [3.05, 3.63) is 17.9 Å². The van der Waals surface area contributed by atoms with Crippen LogP contribution in [0.3, 0.4) is 0 Å². The zero-order chi connectivity index (χ0) is 11.4. The van der Waals surface area contributed by atoms with Crippen LogP contribution in [0.2, 0.25) is 0 Å². The van der Waals surface area contributed by atoms with Gasteiger partial charge in [0.1, 0.15) is 5.72 Å². The number of hydrogen-bond acceptors (Lipinski definition) is 3. The van der Waals surface area contributed by atoms with Gasteiger partial charge >= 0.3 is 0 Å². The van der Waals surface area contributed by atoms with E-state index in [4.69, 9.17) is 4.74 Å². The number of hydrogen-bond donors (Lipinski definition) is 0. The molecule has 0 amide bonds. The van der Waals surface area contributed by atoms with Crippen LogP contribution in [0.15, 0.2) is 12.7 Å². The number of rotatable bonds is 6. The van der Waals surface area contributed by atoms with Crippen molar-refractivity contribution >= 4 is 0 Å². The average molecular weight is 200 g/mol. The van der Waals surface area contributed by atoms with E-state index in [2.05, 4.69) is 6.58 Å². The van der Waals surface area contributed by atoms with Crippen LogP contribution in [0.25, 0.3) is 0 Å². The third-order valence-electron chi connectivity index (χ3n) is 3.21. The van der Waals surface area contributed by atoms with Gasteiger partial charge in [0.15, 0.2) is 0 Å². The van der Waals surface area contributed by atoms with Crippen LogP contribution in [0.1, 0.15) is 40.5 Å². The highest BCUT2D eigenvalue weighted by Gasteiger charge is 2.32. The largest absolute Gasteiger partial charge is 0.783 e. The van der Waals surface area contributed by atoms with Crippen LogP contribution in [0, 0.1) is 5.21 Å². The lowest BCUT2D eigenvalue weighted by Gasteiger charge is -2.54. The fourth-order valence-electron chi connectivity index (χ4n) is 1.32. The summed E-state index contributed by atoms with van der Waals surface area (Å²) >= 11 is 0. The highest BCUT2D eigenvalue weighted by atomic mass is 16.6. The Morgan fingerprint density at radius 1 is 1.36 bits per heavy atom. The lowest BCUT2D eigenvalue weighted by atomic mass is 9.93. The van der Waals surface area contributed by atoms with Crippen molar-refractivity contribution in [3.8, 4) is 0 Å². The van der Waals surface area contributed by atoms with E-state index >= 15 is 0 Å². The van der Waals surface area contributed by atoms with Crippen molar-refractivity contribution in [2.45, 2.75) is 51.8 Å². The molecule has 0 bridgehead atoms. The van der Waals surface area contributed by atoms with Gasteiger partial charge in [0.25, 0.3) is 0 Å². The van der Waals surface area contributed by atoms with E-state index < -0.39 is 5.72 Å². The first kappa shape index (κ1) is 13.6. The van der Waals surface area contributed by atoms with E-state index in [1.165, 1.54) is 7.11 Å². The second kappa shape index (κ2) is 4.91. The van der Waals surface area contributed by atoms with Crippen molar-refractivity contribution in [2.24, 2.45) is 0 Å². The van der Waals surface area contributed by atoms with E-state index in [9.17, 15) is 5.21 Å². The monoisotopic (exact) mass is 200 g/mol. The van der Waals surface area contributed by atoms with Crippen molar-refractivity contribution in [2.75, 3.05) is 7.11 Å². The van der Waals surface area contributed by atoms with E-state index in [1.54, 1.807) is 13.0 Å². The first-order valence-electron chi connectivity index (χ1n) is 5.06. The Bertz CT molecular complexity index is 190. The first-order valence-corrected chi connectivity index (χ1v) is 5.06. The zero-order valence-electron chi connectivity index (χ0n) is 9.96. The number of nitrogens with zero attached hydrogens (tertiary/aromatic N) is 1. The molecule has 14 heavy (non-hydrogen) atoms. The number of methoxy groups -OCH3 is 1. The summed E-state index contributed by atoms with van der Waals surface area (Å²) in [5.74, 6) is 0. The summed E-state index contributed by atoms with van der Waals surface area (Å²) in [4.78, 5) is 0. The molecule has 0 spiro atoms. The lowest BCUT2D eigenvalue weighted by Crippen LogP contribution is -2.54. The molecule has 0 rings (SSSR count). The van der Waals surface area contributed by atoms with Gasteiger partial charge in [0, 0.05) is 12.6 Å². The molecule has 0 aliphatic rings. The molecule has 84 valence electrons. The van der Waals surface area contributed by atoms with Crippen molar-refractivity contribution in [1.29, 1.82) is 0 Å². The lowest BCUT2D eigenvalue weighted by molar-refractivity contribution is -0.106. The molecular formula is C11H22NO2-. The zero-order valence-corrected chi connectivity index (χ0v) is 9.96. The Balaban J connectivity index is 4.89. The maximum atomic E-state index is 12.1. The van der Waals surface area contributed by atoms with Gasteiger partial charge in [-0.1, -0.05) is 20.4 Å². The standard InChI is InChI=1S/C11H22NO2/c1-7-10(4,8-2)12(13)11(5,9-3)14-6/h9H,3,7-8H2,1-2,4-6H3/q-1. The molecule has 0 aliphatic carbocycles. The molecule has 0 N–H and O–H groups in total. The Hall–Kier alpha value is -0.380. The van der Waals surface area contributed by atoms with Gasteiger partial charge in [-0.2, -0.15) is 0 Å². The fourth-order valence-corrected chi connectivity index (χ4v) is 1.32. The molecule has 1 unspecified atom stereocenters. The summed E-state index contributed by atoms with van der Waals surface area (Å²) in [6.45, 7) is 11.3. The normalized spacial score (nSPS) is 16.8. The first-order chi connectivity index (χ1) is 6.40. The smallest absolute Gasteiger partial charge is 0.126 e. The molecule has 0 aromatic rings. The highest BCUT2D eigenvalue weighted by molar-refractivity contribution is 5.00. The maximum Gasteiger partial charge on any atom is 0.126 e. The molecule has 0 heterocycles. The minimum absolute atomic E-state index is 0.390.